The number of H-pyrrole nitrogens is 1. The van der Waals surface area contributed by atoms with E-state index < -0.39 is 0 Å². The van der Waals surface area contributed by atoms with Crippen LogP contribution in [0.15, 0.2) is 24.3 Å². The lowest BCUT2D eigenvalue weighted by Gasteiger charge is -2.22. The van der Waals surface area contributed by atoms with Crippen LogP contribution in [-0.4, -0.2) is 39.9 Å². The summed E-state index contributed by atoms with van der Waals surface area (Å²) in [6.07, 6.45) is 11.6. The van der Waals surface area contributed by atoms with Crippen molar-refractivity contribution in [2.45, 2.75) is 78.6 Å². The average Bonchev–Trinajstić information content (AvgIpc) is 3.15. The van der Waals surface area contributed by atoms with E-state index in [0.717, 1.165) is 29.9 Å². The van der Waals surface area contributed by atoms with Crippen LogP contribution in [0.5, 0.6) is 0 Å². The van der Waals surface area contributed by atoms with Gasteiger partial charge in [0.2, 0.25) is 0 Å². The fraction of sp³-hybridized carbons (Fsp3) is 0.652. The molecule has 2 rings (SSSR count). The van der Waals surface area contributed by atoms with Crippen molar-refractivity contribution in [3.63, 3.8) is 0 Å². The van der Waals surface area contributed by atoms with Crippen LogP contribution < -0.4 is 0 Å². The van der Waals surface area contributed by atoms with Gasteiger partial charge in [0.05, 0.1) is 5.69 Å². The highest BCUT2D eigenvalue weighted by atomic mass is 15.3. The molecule has 0 amide bonds. The zero-order chi connectivity index (χ0) is 19.3. The van der Waals surface area contributed by atoms with Crippen molar-refractivity contribution in [1.82, 2.24) is 20.3 Å². The van der Waals surface area contributed by atoms with Crippen molar-refractivity contribution in [1.29, 1.82) is 0 Å². The van der Waals surface area contributed by atoms with Gasteiger partial charge >= 0.3 is 0 Å². The first-order valence-corrected chi connectivity index (χ1v) is 10.9. The monoisotopic (exact) mass is 370 g/mol. The molecule has 0 radical (unpaired) electrons. The van der Waals surface area contributed by atoms with Crippen LogP contribution in [0.2, 0.25) is 0 Å². The second-order valence-corrected chi connectivity index (χ2v) is 7.72. The molecule has 150 valence electrons. The SMILES string of the molecule is CCCCCCN(CCCCCC)CCc1[nH]nnc1-c1ccc(C)cc1. The van der Waals surface area contributed by atoms with Gasteiger partial charge in [0.1, 0.15) is 5.69 Å². The number of nitrogens with zero attached hydrogens (tertiary/aromatic N) is 3. The fourth-order valence-corrected chi connectivity index (χ4v) is 3.50. The molecule has 0 aliphatic rings. The number of unbranched alkanes of at least 4 members (excludes halogenated alkanes) is 6. The van der Waals surface area contributed by atoms with Gasteiger partial charge in [-0.05, 0) is 32.9 Å². The summed E-state index contributed by atoms with van der Waals surface area (Å²) in [7, 11) is 0. The van der Waals surface area contributed by atoms with Crippen molar-refractivity contribution in [3.05, 3.63) is 35.5 Å². The number of aryl methyl sites for hydroxylation is 1. The van der Waals surface area contributed by atoms with Crippen molar-refractivity contribution in [3.8, 4) is 11.3 Å². The molecule has 0 atom stereocenters. The van der Waals surface area contributed by atoms with E-state index in [1.807, 2.05) is 0 Å². The summed E-state index contributed by atoms with van der Waals surface area (Å²) < 4.78 is 0. The number of benzene rings is 1. The summed E-state index contributed by atoms with van der Waals surface area (Å²) in [5.74, 6) is 0. The third-order valence-corrected chi connectivity index (χ3v) is 5.28. The van der Waals surface area contributed by atoms with Gasteiger partial charge in [-0.2, -0.15) is 0 Å². The Balaban J connectivity index is 1.90. The Morgan fingerprint density at radius 1 is 0.815 bits per heavy atom. The topological polar surface area (TPSA) is 44.8 Å². The van der Waals surface area contributed by atoms with Gasteiger partial charge in [0.15, 0.2) is 0 Å². The molecule has 0 spiro atoms. The molecule has 4 heteroatoms. The summed E-state index contributed by atoms with van der Waals surface area (Å²) in [5, 5.41) is 11.6. The Morgan fingerprint density at radius 2 is 1.44 bits per heavy atom. The normalized spacial score (nSPS) is 11.4. The predicted octanol–water partition coefficient (Wildman–Crippen LogP) is 5.79. The minimum absolute atomic E-state index is 0.984. The van der Waals surface area contributed by atoms with E-state index in [9.17, 15) is 0 Å². The first-order chi connectivity index (χ1) is 13.2. The molecule has 1 N–H and O–H groups in total. The maximum atomic E-state index is 4.34. The van der Waals surface area contributed by atoms with Gasteiger partial charge in [0.25, 0.3) is 0 Å². The van der Waals surface area contributed by atoms with Gasteiger partial charge in [-0.15, -0.1) is 5.10 Å². The van der Waals surface area contributed by atoms with Crippen LogP contribution in [0.1, 0.15) is 76.5 Å². The Morgan fingerprint density at radius 3 is 2.04 bits per heavy atom. The quantitative estimate of drug-likeness (QED) is 0.428. The van der Waals surface area contributed by atoms with E-state index in [2.05, 4.69) is 65.3 Å². The number of nitrogens with one attached hydrogen (secondary N) is 1. The number of aromatic amines is 1. The summed E-state index contributed by atoms with van der Waals surface area (Å²) in [4.78, 5) is 2.64. The highest BCUT2D eigenvalue weighted by molar-refractivity contribution is 5.61. The molecule has 0 aliphatic heterocycles. The number of hydrogen-bond donors (Lipinski definition) is 1. The summed E-state index contributed by atoms with van der Waals surface area (Å²) in [6, 6.07) is 8.57. The zero-order valence-electron chi connectivity index (χ0n) is 17.6. The molecule has 0 saturated heterocycles. The summed E-state index contributed by atoms with van der Waals surface area (Å²) in [5.41, 5.74) is 4.59. The first kappa shape index (κ1) is 21.6. The van der Waals surface area contributed by atoms with Crippen molar-refractivity contribution in [2.24, 2.45) is 0 Å². The van der Waals surface area contributed by atoms with Crippen molar-refractivity contribution >= 4 is 0 Å². The predicted molar refractivity (Wildman–Crippen MR) is 115 cm³/mol. The molecule has 0 saturated carbocycles. The Kier molecular flexibility index (Phi) is 10.1. The molecule has 0 aliphatic carbocycles. The lowest BCUT2D eigenvalue weighted by atomic mass is 10.1. The fourth-order valence-electron chi connectivity index (χ4n) is 3.50. The first-order valence-electron chi connectivity index (χ1n) is 10.9. The molecule has 1 aromatic carbocycles. The van der Waals surface area contributed by atoms with Gasteiger partial charge in [-0.1, -0.05) is 87.4 Å². The molecule has 0 fully saturated rings. The maximum absolute atomic E-state index is 4.34. The Hall–Kier alpha value is -1.68. The lowest BCUT2D eigenvalue weighted by Crippen LogP contribution is -2.28. The van der Waals surface area contributed by atoms with Crippen LogP contribution in [0, 0.1) is 6.92 Å². The zero-order valence-corrected chi connectivity index (χ0v) is 17.6. The molecule has 27 heavy (non-hydrogen) atoms. The number of aromatic nitrogens is 3. The van der Waals surface area contributed by atoms with E-state index in [1.54, 1.807) is 0 Å². The van der Waals surface area contributed by atoms with Crippen LogP contribution in [0.3, 0.4) is 0 Å². The smallest absolute Gasteiger partial charge is 0.116 e. The van der Waals surface area contributed by atoms with E-state index in [1.165, 1.54) is 70.0 Å². The van der Waals surface area contributed by atoms with Crippen LogP contribution in [-0.2, 0) is 6.42 Å². The highest BCUT2D eigenvalue weighted by Gasteiger charge is 2.12. The Bertz CT molecular complexity index is 606. The Labute approximate surface area is 165 Å². The van der Waals surface area contributed by atoms with E-state index in [4.69, 9.17) is 0 Å². The van der Waals surface area contributed by atoms with Crippen LogP contribution >= 0.6 is 0 Å². The number of rotatable bonds is 14. The molecule has 1 aromatic heterocycles. The molecule has 4 nitrogen and oxygen atoms in total. The maximum Gasteiger partial charge on any atom is 0.116 e. The largest absolute Gasteiger partial charge is 0.303 e. The summed E-state index contributed by atoms with van der Waals surface area (Å²) >= 11 is 0. The standard InChI is InChI=1S/C23H38N4/c1-4-6-8-10-17-27(18-11-9-7-5-2)19-16-22-23(25-26-24-22)21-14-12-20(3)13-15-21/h12-15H,4-11,16-19H2,1-3H3,(H,24,25,26). The third kappa shape index (κ3) is 7.84. The van der Waals surface area contributed by atoms with E-state index in [0.29, 0.717) is 0 Å². The van der Waals surface area contributed by atoms with Gasteiger partial charge in [0, 0.05) is 18.5 Å². The third-order valence-electron chi connectivity index (χ3n) is 5.28. The van der Waals surface area contributed by atoms with Crippen molar-refractivity contribution in [2.75, 3.05) is 19.6 Å². The average molecular weight is 371 g/mol. The second kappa shape index (κ2) is 12.7. The van der Waals surface area contributed by atoms with Crippen LogP contribution in [0.4, 0.5) is 0 Å². The van der Waals surface area contributed by atoms with Gasteiger partial charge in [-0.25, -0.2) is 0 Å². The second-order valence-electron chi connectivity index (χ2n) is 7.72. The molecule has 2 aromatic rings. The van der Waals surface area contributed by atoms with Crippen molar-refractivity contribution < 1.29 is 0 Å². The molecule has 0 unspecified atom stereocenters. The van der Waals surface area contributed by atoms with E-state index >= 15 is 0 Å². The minimum Gasteiger partial charge on any atom is -0.303 e. The molecule has 1 heterocycles. The van der Waals surface area contributed by atoms with Gasteiger partial charge in [-0.3, -0.25) is 5.10 Å². The van der Waals surface area contributed by atoms with Crippen LogP contribution in [0.25, 0.3) is 11.3 Å². The minimum atomic E-state index is 0.984. The number of hydrogen-bond acceptors (Lipinski definition) is 3. The highest BCUT2D eigenvalue weighted by Crippen LogP contribution is 2.20. The van der Waals surface area contributed by atoms with Gasteiger partial charge < -0.3 is 4.90 Å². The lowest BCUT2D eigenvalue weighted by molar-refractivity contribution is 0.263. The summed E-state index contributed by atoms with van der Waals surface area (Å²) in [6.45, 7) is 10.2. The van der Waals surface area contributed by atoms with E-state index in [-0.39, 0.29) is 0 Å². The molecule has 0 bridgehead atoms. The molecular formula is C23H38N4. The molecular weight excluding hydrogens is 332 g/mol.